The molecule has 166 valence electrons. The molecule has 0 amide bonds. The Morgan fingerprint density at radius 3 is 2.47 bits per heavy atom. The van der Waals surface area contributed by atoms with Crippen LogP contribution in [0.15, 0.2) is 71.6 Å². The molecule has 0 bridgehead atoms. The third-order valence-corrected chi connectivity index (χ3v) is 6.59. The largest absolute Gasteiger partial charge is 0.491 e. The van der Waals surface area contributed by atoms with Gasteiger partial charge in [0.1, 0.15) is 11.4 Å². The molecule has 0 spiro atoms. The van der Waals surface area contributed by atoms with Crippen molar-refractivity contribution in [2.24, 2.45) is 0 Å². The number of unbranched alkanes of at least 4 members (excludes halogenated alkanes) is 1. The van der Waals surface area contributed by atoms with Crippen LogP contribution in [-0.4, -0.2) is 22.7 Å². The average molecular weight is 488 g/mol. The van der Waals surface area contributed by atoms with Gasteiger partial charge in [0.2, 0.25) is 0 Å². The highest BCUT2D eigenvalue weighted by atomic mass is 35.5. The summed E-state index contributed by atoms with van der Waals surface area (Å²) in [6.45, 7) is 0.533. The summed E-state index contributed by atoms with van der Waals surface area (Å²) in [6, 6.07) is 19.4. The van der Waals surface area contributed by atoms with E-state index in [1.165, 1.54) is 23.4 Å². The molecule has 32 heavy (non-hydrogen) atoms. The van der Waals surface area contributed by atoms with Crippen molar-refractivity contribution in [1.29, 1.82) is 0 Å². The first-order chi connectivity index (χ1) is 15.5. The number of carbonyl (C=O) groups is 1. The third-order valence-electron chi connectivity index (χ3n) is 4.57. The van der Waals surface area contributed by atoms with E-state index in [1.807, 2.05) is 30.3 Å². The average Bonchev–Trinajstić information content (AvgIpc) is 2.78. The van der Waals surface area contributed by atoms with Crippen molar-refractivity contribution >= 4 is 47.0 Å². The Morgan fingerprint density at radius 2 is 1.75 bits per heavy atom. The van der Waals surface area contributed by atoms with Gasteiger partial charge < -0.3 is 9.84 Å². The van der Waals surface area contributed by atoms with Gasteiger partial charge >= 0.3 is 5.97 Å². The number of benzene rings is 2. The molecule has 1 heterocycles. The van der Waals surface area contributed by atoms with E-state index >= 15 is 0 Å². The maximum absolute atomic E-state index is 11.0. The number of thioether (sulfide) groups is 1. The van der Waals surface area contributed by atoms with Crippen molar-refractivity contribution in [3.63, 3.8) is 0 Å². The molecule has 0 fully saturated rings. The monoisotopic (exact) mass is 487 g/mol. The Morgan fingerprint density at radius 1 is 1.00 bits per heavy atom. The molecule has 0 unspecified atom stereocenters. The zero-order valence-corrected chi connectivity index (χ0v) is 19.7. The highest BCUT2D eigenvalue weighted by Crippen LogP contribution is 2.35. The number of carboxylic acid groups (broad SMARTS) is 1. The molecule has 0 aliphatic heterocycles. The van der Waals surface area contributed by atoms with Crippen molar-refractivity contribution in [3.05, 3.63) is 93.7 Å². The molecule has 0 aliphatic rings. The summed E-state index contributed by atoms with van der Waals surface area (Å²) in [5.41, 5.74) is 2.56. The number of halogens is 2. The maximum Gasteiger partial charge on any atom is 0.328 e. The highest BCUT2D eigenvalue weighted by molar-refractivity contribution is 7.98. The van der Waals surface area contributed by atoms with Crippen LogP contribution in [0, 0.1) is 0 Å². The van der Waals surface area contributed by atoms with E-state index < -0.39 is 5.97 Å². The number of carboxylic acids is 1. The van der Waals surface area contributed by atoms with Gasteiger partial charge in [-0.1, -0.05) is 59.6 Å². The number of rotatable bonds is 11. The number of aryl methyl sites for hydroxylation is 1. The van der Waals surface area contributed by atoms with Crippen LogP contribution in [0.3, 0.4) is 0 Å². The summed E-state index contributed by atoms with van der Waals surface area (Å²) in [6.07, 6.45) is 5.41. The Hall–Kier alpha value is -2.47. The second kappa shape index (κ2) is 12.5. The van der Waals surface area contributed by atoms with Gasteiger partial charge in [0.15, 0.2) is 0 Å². The summed E-state index contributed by atoms with van der Waals surface area (Å²) in [7, 11) is 0. The van der Waals surface area contributed by atoms with Crippen LogP contribution in [-0.2, 0) is 17.0 Å². The maximum atomic E-state index is 11.0. The topological polar surface area (TPSA) is 59.4 Å². The zero-order chi connectivity index (χ0) is 22.8. The number of aromatic nitrogens is 1. The Bertz CT molecular complexity index is 1050. The SMILES string of the molecule is O=C(O)/C=C/c1nc(CSc2c(Cl)cccc2Cl)ccc1OCCCCc1ccccc1. The summed E-state index contributed by atoms with van der Waals surface area (Å²) in [5.74, 6) is 0.0596. The number of nitrogens with zero attached hydrogens (tertiary/aromatic N) is 1. The molecule has 3 aromatic rings. The van der Waals surface area contributed by atoms with Crippen LogP contribution in [0.5, 0.6) is 5.75 Å². The quantitative estimate of drug-likeness (QED) is 0.176. The minimum Gasteiger partial charge on any atom is -0.491 e. The van der Waals surface area contributed by atoms with Crippen LogP contribution >= 0.6 is 35.0 Å². The standard InChI is InChI=1S/C25H23Cl2NO3S/c26-20-10-6-11-21(27)25(20)32-17-19-12-14-23(22(28-19)13-15-24(29)30)31-16-5-4-9-18-7-2-1-3-8-18/h1-3,6-8,10-15H,4-5,9,16-17H2,(H,29,30)/b15-13+. The molecule has 7 heteroatoms. The predicted molar refractivity (Wildman–Crippen MR) is 132 cm³/mol. The second-order valence-corrected chi connectivity index (χ2v) is 8.79. The van der Waals surface area contributed by atoms with E-state index in [9.17, 15) is 4.79 Å². The van der Waals surface area contributed by atoms with Crippen molar-refractivity contribution in [2.75, 3.05) is 6.61 Å². The summed E-state index contributed by atoms with van der Waals surface area (Å²) in [4.78, 5) is 16.4. The predicted octanol–water partition coefficient (Wildman–Crippen LogP) is 7.18. The van der Waals surface area contributed by atoms with Crippen molar-refractivity contribution < 1.29 is 14.6 Å². The summed E-state index contributed by atoms with van der Waals surface area (Å²) in [5, 5.41) is 10.2. The van der Waals surface area contributed by atoms with Crippen LogP contribution in [0.2, 0.25) is 10.0 Å². The molecule has 2 aromatic carbocycles. The lowest BCUT2D eigenvalue weighted by molar-refractivity contribution is -0.131. The van der Waals surface area contributed by atoms with E-state index in [4.69, 9.17) is 33.0 Å². The van der Waals surface area contributed by atoms with Gasteiger partial charge in [-0.3, -0.25) is 0 Å². The van der Waals surface area contributed by atoms with Gasteiger partial charge in [0.05, 0.1) is 22.3 Å². The van der Waals surface area contributed by atoms with Crippen molar-refractivity contribution in [3.8, 4) is 5.75 Å². The first-order valence-corrected chi connectivity index (χ1v) is 11.9. The van der Waals surface area contributed by atoms with E-state index in [0.717, 1.165) is 35.9 Å². The number of hydrogen-bond acceptors (Lipinski definition) is 4. The van der Waals surface area contributed by atoms with Crippen LogP contribution in [0.25, 0.3) is 6.08 Å². The molecule has 0 aliphatic carbocycles. The number of hydrogen-bond donors (Lipinski definition) is 1. The second-order valence-electron chi connectivity index (χ2n) is 6.99. The molecule has 0 radical (unpaired) electrons. The summed E-state index contributed by atoms with van der Waals surface area (Å²) >= 11 is 14.0. The molecule has 1 N–H and O–H groups in total. The Kier molecular flexibility index (Phi) is 9.47. The number of pyridine rings is 1. The van der Waals surface area contributed by atoms with Crippen molar-refractivity contribution in [1.82, 2.24) is 4.98 Å². The van der Waals surface area contributed by atoms with Gasteiger partial charge in [-0.2, -0.15) is 0 Å². The van der Waals surface area contributed by atoms with Crippen LogP contribution < -0.4 is 4.74 Å². The lowest BCUT2D eigenvalue weighted by Gasteiger charge is -2.11. The van der Waals surface area contributed by atoms with Gasteiger partial charge in [-0.15, -0.1) is 11.8 Å². The summed E-state index contributed by atoms with van der Waals surface area (Å²) < 4.78 is 5.91. The van der Waals surface area contributed by atoms with E-state index in [1.54, 1.807) is 18.2 Å². The highest BCUT2D eigenvalue weighted by Gasteiger charge is 2.10. The van der Waals surface area contributed by atoms with Gasteiger partial charge in [0, 0.05) is 16.7 Å². The van der Waals surface area contributed by atoms with Crippen LogP contribution in [0.1, 0.15) is 29.8 Å². The first-order valence-electron chi connectivity index (χ1n) is 10.2. The molecule has 3 rings (SSSR count). The third kappa shape index (κ3) is 7.59. The lowest BCUT2D eigenvalue weighted by Crippen LogP contribution is -2.02. The lowest BCUT2D eigenvalue weighted by atomic mass is 10.1. The smallest absolute Gasteiger partial charge is 0.328 e. The Balaban J connectivity index is 1.61. The molecule has 4 nitrogen and oxygen atoms in total. The number of aliphatic carboxylic acids is 1. The van der Waals surface area contributed by atoms with E-state index in [2.05, 4.69) is 17.1 Å². The van der Waals surface area contributed by atoms with Gasteiger partial charge in [0.25, 0.3) is 0 Å². The normalized spacial score (nSPS) is 11.1. The minimum atomic E-state index is -1.04. The molecular weight excluding hydrogens is 465 g/mol. The molecular formula is C25H23Cl2NO3S. The molecule has 0 saturated heterocycles. The molecule has 1 aromatic heterocycles. The first kappa shape index (κ1) is 24.2. The zero-order valence-electron chi connectivity index (χ0n) is 17.3. The van der Waals surface area contributed by atoms with Gasteiger partial charge in [-0.25, -0.2) is 9.78 Å². The fourth-order valence-corrected chi connectivity index (χ4v) is 4.59. The van der Waals surface area contributed by atoms with E-state index in [-0.39, 0.29) is 0 Å². The fourth-order valence-electron chi connectivity index (χ4n) is 3.00. The molecule has 0 atom stereocenters. The molecule has 0 saturated carbocycles. The minimum absolute atomic E-state index is 0.485. The van der Waals surface area contributed by atoms with Crippen molar-refractivity contribution in [2.45, 2.75) is 29.9 Å². The van der Waals surface area contributed by atoms with Gasteiger partial charge in [-0.05, 0) is 55.2 Å². The Labute approximate surface area is 202 Å². The van der Waals surface area contributed by atoms with Crippen LogP contribution in [0.4, 0.5) is 0 Å². The van der Waals surface area contributed by atoms with E-state index in [0.29, 0.717) is 33.8 Å². The number of ether oxygens (including phenoxy) is 1. The fraction of sp³-hybridized carbons (Fsp3) is 0.200.